The molecule has 3 unspecified atom stereocenters. The van der Waals surface area contributed by atoms with Gasteiger partial charge in [0.1, 0.15) is 13.2 Å². The number of hydrogen-bond acceptors (Lipinski definition) is 5. The third kappa shape index (κ3) is 46.5. The first-order valence-corrected chi connectivity index (χ1v) is 27.4. The van der Waals surface area contributed by atoms with Gasteiger partial charge in [0.2, 0.25) is 5.91 Å². The molecule has 61 heavy (non-hydrogen) atoms. The second kappa shape index (κ2) is 43.9. The summed E-state index contributed by atoms with van der Waals surface area (Å²) < 4.78 is 23.3. The van der Waals surface area contributed by atoms with Crippen LogP contribution in [0.1, 0.15) is 239 Å². The minimum atomic E-state index is -4.32. The predicted molar refractivity (Wildman–Crippen MR) is 263 cm³/mol. The summed E-state index contributed by atoms with van der Waals surface area (Å²) in [6.45, 7) is 4.66. The van der Waals surface area contributed by atoms with E-state index in [1.165, 1.54) is 173 Å². The van der Waals surface area contributed by atoms with E-state index in [0.717, 1.165) is 44.9 Å². The molecule has 360 valence electrons. The van der Waals surface area contributed by atoms with Crippen molar-refractivity contribution in [3.8, 4) is 0 Å². The lowest BCUT2D eigenvalue weighted by atomic mass is 10.0. The Hall–Kier alpha value is -1.28. The SMILES string of the molecule is CCCC/C=C/C(O)C(COP(=O)(O)OCC[N+](C)(C)C)NC(=O)CCCCCCCCCCCCCCCCCCCCCCCCC/C=C\C/C=C\CCCCCCC. The van der Waals surface area contributed by atoms with Crippen LogP contribution in [0.5, 0.6) is 0 Å². The van der Waals surface area contributed by atoms with Gasteiger partial charge in [0, 0.05) is 6.42 Å². The van der Waals surface area contributed by atoms with Crippen molar-refractivity contribution in [1.82, 2.24) is 5.32 Å². The van der Waals surface area contributed by atoms with E-state index in [1.54, 1.807) is 6.08 Å². The Morgan fingerprint density at radius 2 is 0.951 bits per heavy atom. The fourth-order valence-corrected chi connectivity index (χ4v) is 8.21. The number of nitrogens with one attached hydrogen (secondary N) is 1. The summed E-state index contributed by atoms with van der Waals surface area (Å²) in [7, 11) is 1.57. The Bertz CT molecular complexity index is 1090. The van der Waals surface area contributed by atoms with Crippen molar-refractivity contribution >= 4 is 13.7 Å². The second-order valence-corrected chi connectivity index (χ2v) is 20.4. The van der Waals surface area contributed by atoms with Gasteiger partial charge in [-0.25, -0.2) is 4.57 Å². The number of nitrogens with zero attached hydrogens (tertiary/aromatic N) is 1. The largest absolute Gasteiger partial charge is 0.472 e. The maximum absolute atomic E-state index is 12.7. The van der Waals surface area contributed by atoms with E-state index < -0.39 is 20.0 Å². The van der Waals surface area contributed by atoms with E-state index in [9.17, 15) is 19.4 Å². The molecular formula is C52H102N2O6P+. The monoisotopic (exact) mass is 882 g/mol. The van der Waals surface area contributed by atoms with Gasteiger partial charge in [-0.05, 0) is 44.9 Å². The molecule has 0 aliphatic heterocycles. The Morgan fingerprint density at radius 3 is 1.38 bits per heavy atom. The number of carbonyl (C=O) groups is 1. The van der Waals surface area contributed by atoms with Gasteiger partial charge in [0.25, 0.3) is 0 Å². The maximum Gasteiger partial charge on any atom is 0.472 e. The van der Waals surface area contributed by atoms with Crippen molar-refractivity contribution in [2.45, 2.75) is 251 Å². The van der Waals surface area contributed by atoms with Crippen molar-refractivity contribution in [1.29, 1.82) is 0 Å². The first-order chi connectivity index (χ1) is 29.5. The first kappa shape index (κ1) is 59.7. The molecule has 3 N–H and O–H groups in total. The third-order valence-corrected chi connectivity index (χ3v) is 12.6. The van der Waals surface area contributed by atoms with Crippen LogP contribution in [0.3, 0.4) is 0 Å². The van der Waals surface area contributed by atoms with Gasteiger partial charge in [-0.2, -0.15) is 0 Å². The van der Waals surface area contributed by atoms with Crippen LogP contribution in [0.15, 0.2) is 36.5 Å². The molecule has 0 saturated heterocycles. The molecule has 0 spiro atoms. The zero-order valence-electron chi connectivity index (χ0n) is 40.9. The number of rotatable bonds is 47. The van der Waals surface area contributed by atoms with Crippen LogP contribution in [0.2, 0.25) is 0 Å². The third-order valence-electron chi connectivity index (χ3n) is 11.6. The van der Waals surface area contributed by atoms with Gasteiger partial charge >= 0.3 is 7.82 Å². The number of unbranched alkanes of at least 4 members (excludes halogenated alkanes) is 30. The zero-order valence-corrected chi connectivity index (χ0v) is 41.8. The molecule has 0 heterocycles. The number of aliphatic hydroxyl groups is 1. The van der Waals surface area contributed by atoms with E-state index >= 15 is 0 Å². The summed E-state index contributed by atoms with van der Waals surface area (Å²) >= 11 is 0. The molecule has 0 aliphatic carbocycles. The number of carbonyl (C=O) groups excluding carboxylic acids is 1. The molecule has 0 rings (SSSR count). The summed E-state index contributed by atoms with van der Waals surface area (Å²) in [5.74, 6) is -0.184. The molecule has 0 radical (unpaired) electrons. The molecule has 0 saturated carbocycles. The summed E-state index contributed by atoms with van der Waals surface area (Å²) in [6.07, 6.45) is 56.1. The fraction of sp³-hybridized carbons (Fsp3) is 0.865. The number of allylic oxidation sites excluding steroid dienone is 5. The Balaban J connectivity index is 3.70. The van der Waals surface area contributed by atoms with Gasteiger partial charge in [-0.1, -0.05) is 224 Å². The quantitative estimate of drug-likeness (QED) is 0.0243. The summed E-state index contributed by atoms with van der Waals surface area (Å²) in [5.41, 5.74) is 0. The lowest BCUT2D eigenvalue weighted by molar-refractivity contribution is -0.870. The van der Waals surface area contributed by atoms with Crippen LogP contribution in [0.25, 0.3) is 0 Å². The van der Waals surface area contributed by atoms with Crippen LogP contribution in [-0.2, 0) is 18.4 Å². The van der Waals surface area contributed by atoms with Crippen LogP contribution in [-0.4, -0.2) is 73.4 Å². The first-order valence-electron chi connectivity index (χ1n) is 25.9. The minimum Gasteiger partial charge on any atom is -0.387 e. The highest BCUT2D eigenvalue weighted by molar-refractivity contribution is 7.47. The van der Waals surface area contributed by atoms with Gasteiger partial charge in [-0.3, -0.25) is 13.8 Å². The Morgan fingerprint density at radius 1 is 0.557 bits per heavy atom. The van der Waals surface area contributed by atoms with E-state index in [-0.39, 0.29) is 19.1 Å². The van der Waals surface area contributed by atoms with E-state index in [1.807, 2.05) is 27.2 Å². The maximum atomic E-state index is 12.7. The molecular weight excluding hydrogens is 780 g/mol. The number of aliphatic hydroxyl groups excluding tert-OH is 1. The number of hydrogen-bond donors (Lipinski definition) is 3. The van der Waals surface area contributed by atoms with Crippen LogP contribution < -0.4 is 5.32 Å². The molecule has 9 heteroatoms. The van der Waals surface area contributed by atoms with Gasteiger partial charge < -0.3 is 19.8 Å². The Labute approximate surface area is 378 Å². The number of phosphoric acid groups is 1. The van der Waals surface area contributed by atoms with E-state index in [0.29, 0.717) is 17.4 Å². The van der Waals surface area contributed by atoms with Gasteiger partial charge in [0.05, 0.1) is 39.9 Å². The van der Waals surface area contributed by atoms with Crippen LogP contribution >= 0.6 is 7.82 Å². The molecule has 3 atom stereocenters. The van der Waals surface area contributed by atoms with E-state index in [2.05, 4.69) is 43.5 Å². The molecule has 0 fully saturated rings. The van der Waals surface area contributed by atoms with Crippen LogP contribution in [0, 0.1) is 0 Å². The number of amides is 1. The minimum absolute atomic E-state index is 0.0615. The highest BCUT2D eigenvalue weighted by atomic mass is 31.2. The molecule has 0 aromatic heterocycles. The highest BCUT2D eigenvalue weighted by Gasteiger charge is 2.27. The topological polar surface area (TPSA) is 105 Å². The van der Waals surface area contributed by atoms with E-state index in [4.69, 9.17) is 9.05 Å². The summed E-state index contributed by atoms with van der Waals surface area (Å²) in [6, 6.07) is -0.839. The zero-order chi connectivity index (χ0) is 45.0. The highest BCUT2D eigenvalue weighted by Crippen LogP contribution is 2.43. The van der Waals surface area contributed by atoms with Crippen molar-refractivity contribution in [3.63, 3.8) is 0 Å². The normalized spacial score (nSPS) is 14.4. The van der Waals surface area contributed by atoms with Crippen molar-refractivity contribution < 1.29 is 32.9 Å². The van der Waals surface area contributed by atoms with Gasteiger partial charge in [0.15, 0.2) is 0 Å². The lowest BCUT2D eigenvalue weighted by Crippen LogP contribution is -2.45. The second-order valence-electron chi connectivity index (χ2n) is 18.9. The lowest BCUT2D eigenvalue weighted by Gasteiger charge is -2.25. The average Bonchev–Trinajstić information content (AvgIpc) is 3.21. The number of likely N-dealkylation sites (N-methyl/N-ethyl adjacent to an activating group) is 1. The van der Waals surface area contributed by atoms with Crippen molar-refractivity contribution in [2.75, 3.05) is 40.9 Å². The standard InChI is InChI=1S/C52H101N2O6P/c1-6-8-10-12-13-14-15-16-17-18-19-20-21-22-23-24-25-26-27-28-29-30-31-32-33-34-35-36-37-38-39-40-41-42-44-46-52(56)53-50(51(55)45-43-11-9-7-2)49-60-61(57,58)59-48-47-54(3,4)5/h15-16,18-19,43,45,50-51,55H,6-14,17,20-42,44,46-49H2,1-5H3,(H-,53,56,57,58)/p+1/b16-15-,19-18-,45-43+. The van der Waals surface area contributed by atoms with Crippen LogP contribution in [0.4, 0.5) is 0 Å². The van der Waals surface area contributed by atoms with Crippen molar-refractivity contribution in [2.24, 2.45) is 0 Å². The van der Waals surface area contributed by atoms with Gasteiger partial charge in [-0.15, -0.1) is 0 Å². The summed E-state index contributed by atoms with van der Waals surface area (Å²) in [4.78, 5) is 22.9. The molecule has 0 bridgehead atoms. The predicted octanol–water partition coefficient (Wildman–Crippen LogP) is 15.0. The van der Waals surface area contributed by atoms with Crippen molar-refractivity contribution in [3.05, 3.63) is 36.5 Å². The molecule has 1 amide bonds. The fourth-order valence-electron chi connectivity index (χ4n) is 7.47. The average molecular weight is 882 g/mol. The summed E-state index contributed by atoms with van der Waals surface area (Å²) in [5, 5.41) is 13.6. The smallest absolute Gasteiger partial charge is 0.387 e. The number of phosphoric ester groups is 1. The number of quaternary nitrogens is 1. The molecule has 0 aromatic rings. The molecule has 0 aliphatic rings. The molecule has 8 nitrogen and oxygen atoms in total. The Kier molecular flexibility index (Phi) is 43.0. The molecule has 0 aromatic carbocycles.